The van der Waals surface area contributed by atoms with Gasteiger partial charge in [-0.25, -0.2) is 0 Å². The minimum atomic E-state index is 0.198. The monoisotopic (exact) mass is 969 g/mol. The van der Waals surface area contributed by atoms with Crippen molar-refractivity contribution >= 4 is 5.96 Å². The van der Waals surface area contributed by atoms with E-state index in [2.05, 4.69) is 159 Å². The fraction of sp³-hybridized carbons (Fsp3) is 0.650. The Bertz CT molecular complexity index is 1420. The maximum absolute atomic E-state index is 8.99. The molecule has 0 saturated heterocycles. The molecule has 0 aliphatic rings. The number of hydrogen-bond acceptors (Lipinski definition) is 7. The maximum atomic E-state index is 8.99. The summed E-state index contributed by atoms with van der Waals surface area (Å²) in [7, 11) is 0. The first-order valence-corrected chi connectivity index (χ1v) is 26.0. The van der Waals surface area contributed by atoms with Crippen LogP contribution in [0.4, 0.5) is 0 Å². The van der Waals surface area contributed by atoms with Gasteiger partial charge in [-0.15, -0.1) is 0 Å². The fourth-order valence-corrected chi connectivity index (χ4v) is 5.52. The minimum Gasteiger partial charge on any atom is -0.513 e. The number of phenolic OH excluding ortho intramolecular Hbond substituents is 1. The van der Waals surface area contributed by atoms with Gasteiger partial charge in [-0.05, 0) is 135 Å². The van der Waals surface area contributed by atoms with Gasteiger partial charge in [0.1, 0.15) is 5.75 Å². The lowest BCUT2D eigenvalue weighted by Gasteiger charge is -2.03. The average Bonchev–Trinajstić information content (AvgIpc) is 3.19. The third-order valence-corrected chi connectivity index (χ3v) is 8.90. The van der Waals surface area contributed by atoms with Gasteiger partial charge in [0, 0.05) is 30.8 Å². The van der Waals surface area contributed by atoms with E-state index >= 15 is 0 Å². The molecule has 2 aromatic carbocycles. The Morgan fingerprint density at radius 1 is 0.464 bits per heavy atom. The Hall–Kier alpha value is -4.37. The molecule has 9 heteroatoms. The number of allylic oxidation sites excluding steroid dienone is 4. The SMILES string of the molecule is C=C(N)CC(C)C.C=C(N)CCC(C)C.C=C(O)CC(C)C.C=C(O)CCC(C)C.CC(C)CCCCN.CC(C)CCCN=C(N)N.CC(C)Cc1ccc(O)cc1.CC(C)Cc1ccccc1. The average molecular weight is 970 g/mol. The van der Waals surface area contributed by atoms with Crippen LogP contribution in [0.2, 0.25) is 0 Å². The van der Waals surface area contributed by atoms with Crippen LogP contribution in [0.25, 0.3) is 0 Å². The van der Waals surface area contributed by atoms with Crippen molar-refractivity contribution in [2.45, 2.75) is 194 Å². The van der Waals surface area contributed by atoms with E-state index in [0.717, 1.165) is 99.5 Å². The van der Waals surface area contributed by atoms with E-state index < -0.39 is 0 Å². The van der Waals surface area contributed by atoms with E-state index in [0.29, 0.717) is 35.2 Å². The molecule has 0 heterocycles. The molecule has 0 unspecified atom stereocenters. The number of rotatable bonds is 22. The highest BCUT2D eigenvalue weighted by molar-refractivity contribution is 5.75. The Balaban J connectivity index is -0.000000165. The van der Waals surface area contributed by atoms with Crippen molar-refractivity contribution in [2.24, 2.45) is 81.0 Å². The van der Waals surface area contributed by atoms with Crippen molar-refractivity contribution in [2.75, 3.05) is 13.1 Å². The van der Waals surface area contributed by atoms with Crippen LogP contribution in [0.3, 0.4) is 0 Å². The molecule has 2 rings (SSSR count). The molecule has 13 N–H and O–H groups in total. The number of guanidine groups is 1. The molecule has 0 fully saturated rings. The number of nitrogens with two attached hydrogens (primary N) is 5. The molecule has 404 valence electrons. The number of aliphatic hydroxyl groups is 2. The van der Waals surface area contributed by atoms with E-state index in [1.807, 2.05) is 26.0 Å². The largest absolute Gasteiger partial charge is 0.513 e. The van der Waals surface area contributed by atoms with Crippen LogP contribution in [0.5, 0.6) is 5.75 Å². The van der Waals surface area contributed by atoms with Gasteiger partial charge in [0.05, 0.1) is 11.5 Å². The summed E-state index contributed by atoms with van der Waals surface area (Å²) in [6.45, 7) is 50.2. The lowest BCUT2D eigenvalue weighted by atomic mass is 10.0. The van der Waals surface area contributed by atoms with E-state index in [4.69, 9.17) is 44.0 Å². The van der Waals surface area contributed by atoms with Crippen molar-refractivity contribution in [1.29, 1.82) is 0 Å². The van der Waals surface area contributed by atoms with Gasteiger partial charge in [0.2, 0.25) is 0 Å². The zero-order valence-corrected chi connectivity index (χ0v) is 47.9. The normalized spacial score (nSPS) is 10.0. The maximum Gasteiger partial charge on any atom is 0.185 e. The first-order valence-electron chi connectivity index (χ1n) is 26.0. The fourth-order valence-electron chi connectivity index (χ4n) is 5.52. The van der Waals surface area contributed by atoms with Crippen LogP contribution in [-0.4, -0.2) is 34.4 Å². The number of aliphatic hydroxyl groups excluding tert-OH is 2. The summed E-state index contributed by atoms with van der Waals surface area (Å²) < 4.78 is 0. The van der Waals surface area contributed by atoms with Gasteiger partial charge in [-0.2, -0.15) is 0 Å². The first kappa shape index (κ1) is 76.1. The molecule has 0 bridgehead atoms. The van der Waals surface area contributed by atoms with Crippen molar-refractivity contribution in [1.82, 2.24) is 0 Å². The molecule has 0 aliphatic carbocycles. The van der Waals surface area contributed by atoms with E-state index in [1.165, 1.54) is 43.2 Å². The second kappa shape index (κ2) is 53.0. The summed E-state index contributed by atoms with van der Waals surface area (Å²) in [4.78, 5) is 3.87. The van der Waals surface area contributed by atoms with Crippen LogP contribution in [-0.2, 0) is 12.8 Å². The summed E-state index contributed by atoms with van der Waals surface area (Å²) >= 11 is 0. The molecule has 0 aromatic heterocycles. The third kappa shape index (κ3) is 90.7. The molecule has 0 amide bonds. The van der Waals surface area contributed by atoms with E-state index in [-0.39, 0.29) is 11.7 Å². The standard InChI is InChI=1S/C10H14O.C10H14.C7H17N3.C7H15N.C7H17N.C7H14O.C6H13N.C6H12O/c1-8(2)7-9-3-5-10(11)6-4-9;1-9(2)8-10-6-4-3-5-7-10;1-6(2)4-3-5-10-7(8)9;1-6(2)4-5-7(3)8;1-7(2)5-3-4-6-8;1-6(2)4-5-7(3)8;2*1-5(2)4-6(3)7/h3-6,8,11H,7H2,1-2H3;3-7,9H,8H2,1-2H3;6H,3-5H2,1-2H3,(H4,8,9,10);6H,3-5,8H2,1-2H3;7H,3-6,8H2,1-2H3;6,8H,3-5H2,1-2H3;5H,3-4,7H2,1-2H3;5,7H,3-4H2,1-2H3. The quantitative estimate of drug-likeness (QED) is 0.0246. The summed E-state index contributed by atoms with van der Waals surface area (Å²) in [5.41, 5.74) is 30.6. The zero-order valence-electron chi connectivity index (χ0n) is 47.9. The predicted molar refractivity (Wildman–Crippen MR) is 311 cm³/mol. The Kier molecular flexibility index (Phi) is 58.5. The topological polar surface area (TPSA) is 203 Å². The van der Waals surface area contributed by atoms with Crippen molar-refractivity contribution in [3.8, 4) is 5.75 Å². The Morgan fingerprint density at radius 2 is 0.870 bits per heavy atom. The zero-order chi connectivity index (χ0) is 54.9. The number of aromatic hydroxyl groups is 1. The highest BCUT2D eigenvalue weighted by Gasteiger charge is 1.98. The number of unbranched alkanes of at least 4 members (excludes halogenated alkanes) is 1. The third-order valence-electron chi connectivity index (χ3n) is 8.90. The molecule has 2 aromatic rings. The molecular weight excluding hydrogens is 853 g/mol. The van der Waals surface area contributed by atoms with Gasteiger partial charge in [-0.3, -0.25) is 4.99 Å². The molecule has 0 radical (unpaired) electrons. The molecule has 0 atom stereocenters. The van der Waals surface area contributed by atoms with Gasteiger partial charge in [0.15, 0.2) is 5.96 Å². The van der Waals surface area contributed by atoms with Gasteiger partial charge in [0.25, 0.3) is 0 Å². The number of phenols is 1. The van der Waals surface area contributed by atoms with Crippen LogP contribution in [0.1, 0.15) is 193 Å². The van der Waals surface area contributed by atoms with Gasteiger partial charge >= 0.3 is 0 Å². The number of nitrogens with zero attached hydrogens (tertiary/aromatic N) is 1. The van der Waals surface area contributed by atoms with Gasteiger partial charge in [-0.1, -0.05) is 192 Å². The van der Waals surface area contributed by atoms with Crippen LogP contribution >= 0.6 is 0 Å². The summed E-state index contributed by atoms with van der Waals surface area (Å²) in [6, 6.07) is 18.0. The molecule has 0 aliphatic heterocycles. The second-order valence-corrected chi connectivity index (χ2v) is 21.4. The van der Waals surface area contributed by atoms with Crippen LogP contribution < -0.4 is 28.7 Å². The highest BCUT2D eigenvalue weighted by Crippen LogP contribution is 2.13. The summed E-state index contributed by atoms with van der Waals surface area (Å²) in [5, 5.41) is 26.1. The van der Waals surface area contributed by atoms with Crippen molar-refractivity contribution in [3.05, 3.63) is 115 Å². The molecular formula is C60H116N6O3. The lowest BCUT2D eigenvalue weighted by Crippen LogP contribution is -2.22. The summed E-state index contributed by atoms with van der Waals surface area (Å²) in [5.74, 6) is 6.76. The Morgan fingerprint density at radius 3 is 1.13 bits per heavy atom. The number of hydrogen-bond donors (Lipinski definition) is 8. The Labute approximate surface area is 428 Å². The van der Waals surface area contributed by atoms with Gasteiger partial charge < -0.3 is 44.0 Å². The lowest BCUT2D eigenvalue weighted by molar-refractivity contribution is 0.368. The smallest absolute Gasteiger partial charge is 0.185 e. The minimum absolute atomic E-state index is 0.198. The van der Waals surface area contributed by atoms with Crippen LogP contribution in [0, 0.1) is 47.3 Å². The van der Waals surface area contributed by atoms with E-state index in [1.54, 1.807) is 12.1 Å². The number of benzene rings is 2. The second-order valence-electron chi connectivity index (χ2n) is 21.4. The molecule has 69 heavy (non-hydrogen) atoms. The van der Waals surface area contributed by atoms with Crippen molar-refractivity contribution in [3.63, 3.8) is 0 Å². The molecule has 0 saturated carbocycles. The molecule has 0 spiro atoms. The van der Waals surface area contributed by atoms with Crippen LogP contribution in [0.15, 0.2) is 109 Å². The first-order chi connectivity index (χ1) is 31.9. The number of aliphatic imine (C=N–C) groups is 1. The molecule has 9 nitrogen and oxygen atoms in total. The summed E-state index contributed by atoms with van der Waals surface area (Å²) in [6.07, 6.45) is 14.0. The van der Waals surface area contributed by atoms with E-state index in [9.17, 15) is 0 Å². The highest BCUT2D eigenvalue weighted by atomic mass is 16.3. The van der Waals surface area contributed by atoms with Crippen molar-refractivity contribution < 1.29 is 15.3 Å². The predicted octanol–water partition coefficient (Wildman–Crippen LogP) is 15.9.